The molecule has 34 heavy (non-hydrogen) atoms. The maximum Gasteiger partial charge on any atom is 0.282 e. The summed E-state index contributed by atoms with van der Waals surface area (Å²) in [6, 6.07) is 15.0. The summed E-state index contributed by atoms with van der Waals surface area (Å²) in [5.74, 6) is -0.109. The predicted octanol–water partition coefficient (Wildman–Crippen LogP) is 3.18. The van der Waals surface area contributed by atoms with Gasteiger partial charge in [0.15, 0.2) is 0 Å². The fraction of sp³-hybridized carbons (Fsp3) is 0.400. The summed E-state index contributed by atoms with van der Waals surface area (Å²) in [4.78, 5) is 24.5. The molecule has 2 aliphatic heterocycles. The highest BCUT2D eigenvalue weighted by Crippen LogP contribution is 2.26. The van der Waals surface area contributed by atoms with Gasteiger partial charge in [-0.2, -0.15) is 17.0 Å². The summed E-state index contributed by atoms with van der Waals surface area (Å²) in [5, 5.41) is 0.784. The highest BCUT2D eigenvalue weighted by atomic mass is 32.2. The predicted molar refractivity (Wildman–Crippen MR) is 131 cm³/mol. The lowest BCUT2D eigenvalue weighted by atomic mass is 10.0. The van der Waals surface area contributed by atoms with E-state index in [1.54, 1.807) is 21.5 Å². The number of piperazine rings is 1. The van der Waals surface area contributed by atoms with Gasteiger partial charge in [0.05, 0.1) is 22.5 Å². The summed E-state index contributed by atoms with van der Waals surface area (Å²) in [5.41, 5.74) is 2.65. The van der Waals surface area contributed by atoms with E-state index in [1.165, 1.54) is 4.31 Å². The first-order chi connectivity index (χ1) is 16.5. The van der Waals surface area contributed by atoms with E-state index < -0.39 is 10.2 Å². The van der Waals surface area contributed by atoms with Crippen LogP contribution in [-0.2, 0) is 10.2 Å². The summed E-state index contributed by atoms with van der Waals surface area (Å²) in [7, 11) is -3.49. The summed E-state index contributed by atoms with van der Waals surface area (Å²) in [6.07, 6.45) is 5.68. The minimum absolute atomic E-state index is 0.109. The van der Waals surface area contributed by atoms with Gasteiger partial charge in [0.2, 0.25) is 0 Å². The Morgan fingerprint density at radius 2 is 1.44 bits per heavy atom. The number of hydrogen-bond donors (Lipinski definition) is 0. The number of aromatic nitrogens is 2. The monoisotopic (exact) mass is 479 g/mol. The van der Waals surface area contributed by atoms with Crippen LogP contribution in [0.5, 0.6) is 0 Å². The number of carbonyl (C=O) groups excluding carboxylic acids is 1. The Labute approximate surface area is 200 Å². The zero-order valence-corrected chi connectivity index (χ0v) is 20.0. The van der Waals surface area contributed by atoms with E-state index >= 15 is 0 Å². The van der Waals surface area contributed by atoms with Crippen LogP contribution in [0, 0.1) is 0 Å². The molecule has 0 radical (unpaired) electrons. The van der Waals surface area contributed by atoms with Crippen LogP contribution in [0.1, 0.15) is 36.0 Å². The number of benzene rings is 1. The van der Waals surface area contributed by atoms with Crippen molar-refractivity contribution in [1.29, 1.82) is 0 Å². The van der Waals surface area contributed by atoms with Crippen molar-refractivity contribution in [3.63, 3.8) is 0 Å². The van der Waals surface area contributed by atoms with E-state index in [4.69, 9.17) is 4.98 Å². The molecule has 2 saturated heterocycles. The normalized spacial score (nSPS) is 18.6. The van der Waals surface area contributed by atoms with Crippen LogP contribution >= 0.6 is 0 Å². The average molecular weight is 480 g/mol. The lowest BCUT2D eigenvalue weighted by Crippen LogP contribution is -2.54. The molecule has 2 aromatic heterocycles. The number of carbonyl (C=O) groups is 1. The molecule has 1 amide bonds. The van der Waals surface area contributed by atoms with Crippen molar-refractivity contribution in [1.82, 2.24) is 23.5 Å². The molecule has 0 aliphatic carbocycles. The Morgan fingerprint density at radius 1 is 0.765 bits per heavy atom. The fourth-order valence-electron chi connectivity index (χ4n) is 4.73. The van der Waals surface area contributed by atoms with Crippen molar-refractivity contribution in [2.24, 2.45) is 0 Å². The largest absolute Gasteiger partial charge is 0.336 e. The van der Waals surface area contributed by atoms with Gasteiger partial charge in [0, 0.05) is 50.9 Å². The molecule has 4 heterocycles. The third-order valence-electron chi connectivity index (χ3n) is 6.62. The number of fused-ring (bicyclic) bond motifs is 1. The fourth-order valence-corrected chi connectivity index (χ4v) is 6.40. The van der Waals surface area contributed by atoms with E-state index in [9.17, 15) is 13.2 Å². The third-order valence-corrected chi connectivity index (χ3v) is 8.65. The average Bonchev–Trinajstić information content (AvgIpc) is 3.19. The topological polar surface area (TPSA) is 86.7 Å². The number of rotatable bonds is 4. The molecule has 9 heteroatoms. The van der Waals surface area contributed by atoms with Crippen molar-refractivity contribution in [2.45, 2.75) is 25.7 Å². The molecular weight excluding hydrogens is 450 g/mol. The number of para-hydroxylation sites is 1. The molecule has 0 bridgehead atoms. The van der Waals surface area contributed by atoms with Gasteiger partial charge >= 0.3 is 0 Å². The van der Waals surface area contributed by atoms with E-state index in [0.717, 1.165) is 36.6 Å². The first-order valence-electron chi connectivity index (χ1n) is 11.9. The minimum Gasteiger partial charge on any atom is -0.336 e. The summed E-state index contributed by atoms with van der Waals surface area (Å²) >= 11 is 0. The second-order valence-corrected chi connectivity index (χ2v) is 10.7. The second kappa shape index (κ2) is 9.77. The van der Waals surface area contributed by atoms with Gasteiger partial charge < -0.3 is 4.90 Å². The Kier molecular flexibility index (Phi) is 6.58. The van der Waals surface area contributed by atoms with E-state index in [0.29, 0.717) is 56.2 Å². The van der Waals surface area contributed by atoms with Gasteiger partial charge in [-0.25, -0.2) is 4.98 Å². The smallest absolute Gasteiger partial charge is 0.282 e. The Hall–Kier alpha value is -2.88. The van der Waals surface area contributed by atoms with Gasteiger partial charge in [-0.1, -0.05) is 37.1 Å². The van der Waals surface area contributed by atoms with Crippen LogP contribution in [0.25, 0.3) is 22.3 Å². The highest BCUT2D eigenvalue weighted by molar-refractivity contribution is 7.86. The van der Waals surface area contributed by atoms with Gasteiger partial charge in [-0.3, -0.25) is 9.78 Å². The number of amides is 1. The van der Waals surface area contributed by atoms with Gasteiger partial charge in [0.1, 0.15) is 0 Å². The van der Waals surface area contributed by atoms with E-state index in [-0.39, 0.29) is 5.91 Å². The minimum atomic E-state index is -3.49. The molecule has 0 saturated carbocycles. The molecular formula is C25H29N5O3S. The zero-order valence-electron chi connectivity index (χ0n) is 19.1. The van der Waals surface area contributed by atoms with Crippen LogP contribution in [-0.4, -0.2) is 77.1 Å². The molecule has 178 valence electrons. The first-order valence-corrected chi connectivity index (χ1v) is 13.3. The highest BCUT2D eigenvalue weighted by Gasteiger charge is 2.34. The molecule has 3 aromatic rings. The lowest BCUT2D eigenvalue weighted by Gasteiger charge is -2.36. The van der Waals surface area contributed by atoms with E-state index in [1.807, 2.05) is 42.5 Å². The Balaban J connectivity index is 1.37. The van der Waals surface area contributed by atoms with Crippen LogP contribution in [0.15, 0.2) is 54.7 Å². The molecule has 0 spiro atoms. The maximum atomic E-state index is 13.6. The van der Waals surface area contributed by atoms with Gasteiger partial charge in [-0.15, -0.1) is 0 Å². The van der Waals surface area contributed by atoms with Crippen molar-refractivity contribution < 1.29 is 13.2 Å². The molecule has 1 aromatic carbocycles. The molecule has 0 N–H and O–H groups in total. The second-order valence-electron chi connectivity index (χ2n) is 8.80. The molecule has 2 aliphatic rings. The number of nitrogens with zero attached hydrogens (tertiary/aromatic N) is 5. The van der Waals surface area contributed by atoms with Crippen LogP contribution < -0.4 is 0 Å². The van der Waals surface area contributed by atoms with Crippen molar-refractivity contribution in [2.75, 3.05) is 39.3 Å². The van der Waals surface area contributed by atoms with Crippen LogP contribution in [0.3, 0.4) is 0 Å². The standard InChI is InChI=1S/C25H29N5O3S/c31-25(28-15-17-30(18-16-28)34(32,33)29-13-7-1-2-8-14-29)21-19-24(23-11-5-6-12-26-23)27-22-10-4-3-9-20(21)22/h3-6,9-12,19H,1-2,7-8,13-18H2. The van der Waals surface area contributed by atoms with Crippen molar-refractivity contribution in [3.05, 3.63) is 60.3 Å². The van der Waals surface area contributed by atoms with Crippen LogP contribution in [0.4, 0.5) is 0 Å². The third kappa shape index (κ3) is 4.55. The number of hydrogen-bond acceptors (Lipinski definition) is 5. The Bertz CT molecular complexity index is 1270. The molecule has 2 fully saturated rings. The SMILES string of the molecule is O=C(c1cc(-c2ccccn2)nc2ccccc12)N1CCN(S(=O)(=O)N2CCCCCC2)CC1. The summed E-state index contributed by atoms with van der Waals surface area (Å²) in [6.45, 7) is 2.51. The quantitative estimate of drug-likeness (QED) is 0.574. The number of pyridine rings is 2. The first kappa shape index (κ1) is 22.9. The van der Waals surface area contributed by atoms with Gasteiger partial charge in [0.25, 0.3) is 16.1 Å². The van der Waals surface area contributed by atoms with Crippen molar-refractivity contribution >= 4 is 27.0 Å². The Morgan fingerprint density at radius 3 is 2.15 bits per heavy atom. The van der Waals surface area contributed by atoms with Crippen LogP contribution in [0.2, 0.25) is 0 Å². The molecule has 0 atom stereocenters. The lowest BCUT2D eigenvalue weighted by molar-refractivity contribution is 0.0696. The molecule has 8 nitrogen and oxygen atoms in total. The van der Waals surface area contributed by atoms with E-state index in [2.05, 4.69) is 4.98 Å². The van der Waals surface area contributed by atoms with Gasteiger partial charge in [-0.05, 0) is 37.1 Å². The molecule has 0 unspecified atom stereocenters. The van der Waals surface area contributed by atoms with Crippen molar-refractivity contribution in [3.8, 4) is 11.4 Å². The molecule has 5 rings (SSSR count). The maximum absolute atomic E-state index is 13.6. The zero-order chi connectivity index (χ0) is 23.5. The summed E-state index contributed by atoms with van der Waals surface area (Å²) < 4.78 is 29.5.